The smallest absolute Gasteiger partial charge is 0.105 e. The molecule has 0 amide bonds. The monoisotopic (exact) mass is 226 g/mol. The third-order valence-electron chi connectivity index (χ3n) is 2.65. The number of nitrogens with one attached hydrogen (secondary N) is 1. The second kappa shape index (κ2) is 5.22. The Morgan fingerprint density at radius 2 is 2.18 bits per heavy atom. The Kier molecular flexibility index (Phi) is 3.46. The first kappa shape index (κ1) is 11.3. The molecule has 1 aromatic carbocycles. The molecular weight excluding hydrogens is 212 g/mol. The van der Waals surface area contributed by atoms with Crippen LogP contribution in [-0.4, -0.2) is 6.54 Å². The van der Waals surface area contributed by atoms with Gasteiger partial charge in [0.1, 0.15) is 11.8 Å². The van der Waals surface area contributed by atoms with Gasteiger partial charge < -0.3 is 9.73 Å². The summed E-state index contributed by atoms with van der Waals surface area (Å²) in [6.45, 7) is 2.75. The van der Waals surface area contributed by atoms with Gasteiger partial charge in [0.25, 0.3) is 0 Å². The summed E-state index contributed by atoms with van der Waals surface area (Å²) < 4.78 is 5.25. The van der Waals surface area contributed by atoms with Crippen LogP contribution in [-0.2, 0) is 6.42 Å². The number of benzene rings is 1. The van der Waals surface area contributed by atoms with E-state index in [2.05, 4.69) is 11.4 Å². The lowest BCUT2D eigenvalue weighted by atomic mass is 10.1. The number of anilines is 1. The molecule has 17 heavy (non-hydrogen) atoms. The van der Waals surface area contributed by atoms with Gasteiger partial charge in [-0.2, -0.15) is 5.26 Å². The molecule has 0 radical (unpaired) electrons. The first-order valence-electron chi connectivity index (χ1n) is 5.57. The van der Waals surface area contributed by atoms with Gasteiger partial charge in [-0.05, 0) is 30.7 Å². The average Bonchev–Trinajstić information content (AvgIpc) is 2.84. The van der Waals surface area contributed by atoms with E-state index in [1.165, 1.54) is 0 Å². The van der Waals surface area contributed by atoms with E-state index in [-0.39, 0.29) is 0 Å². The summed E-state index contributed by atoms with van der Waals surface area (Å²) in [6.07, 6.45) is 2.48. The van der Waals surface area contributed by atoms with E-state index >= 15 is 0 Å². The second-order valence-corrected chi connectivity index (χ2v) is 3.87. The molecule has 0 atom stereocenters. The number of para-hydroxylation sites is 1. The van der Waals surface area contributed by atoms with Gasteiger partial charge in [0.05, 0.1) is 17.5 Å². The zero-order valence-corrected chi connectivity index (χ0v) is 9.73. The normalized spacial score (nSPS) is 9.88. The maximum Gasteiger partial charge on any atom is 0.105 e. The quantitative estimate of drug-likeness (QED) is 0.871. The molecule has 1 aromatic heterocycles. The fraction of sp³-hybridized carbons (Fsp3) is 0.214. The lowest BCUT2D eigenvalue weighted by Crippen LogP contribution is -2.07. The topological polar surface area (TPSA) is 49.0 Å². The van der Waals surface area contributed by atoms with Crippen LogP contribution in [0, 0.1) is 18.3 Å². The molecule has 0 unspecified atom stereocenters. The molecule has 2 aromatic rings. The molecule has 3 heteroatoms. The molecular formula is C14H14N2O. The summed E-state index contributed by atoms with van der Waals surface area (Å²) in [5.41, 5.74) is 2.69. The molecule has 0 aliphatic carbocycles. The van der Waals surface area contributed by atoms with Crippen LogP contribution in [0.2, 0.25) is 0 Å². The predicted molar refractivity (Wildman–Crippen MR) is 66.8 cm³/mol. The highest BCUT2D eigenvalue weighted by Gasteiger charge is 2.04. The number of rotatable bonds is 4. The minimum atomic E-state index is 0.685. The van der Waals surface area contributed by atoms with Crippen molar-refractivity contribution < 1.29 is 4.42 Å². The summed E-state index contributed by atoms with van der Waals surface area (Å²) >= 11 is 0. The molecule has 0 saturated carbocycles. The Morgan fingerprint density at radius 1 is 1.29 bits per heavy atom. The maximum atomic E-state index is 9.02. The lowest BCUT2D eigenvalue weighted by Gasteiger charge is -2.10. The van der Waals surface area contributed by atoms with Gasteiger partial charge in [-0.25, -0.2) is 0 Å². The molecule has 0 fully saturated rings. The van der Waals surface area contributed by atoms with E-state index in [0.29, 0.717) is 5.56 Å². The molecule has 3 nitrogen and oxygen atoms in total. The number of hydrogen-bond acceptors (Lipinski definition) is 3. The number of aryl methyl sites for hydroxylation is 1. The van der Waals surface area contributed by atoms with E-state index in [0.717, 1.165) is 30.0 Å². The van der Waals surface area contributed by atoms with Crippen molar-refractivity contribution in [3.05, 3.63) is 53.5 Å². The third-order valence-corrected chi connectivity index (χ3v) is 2.65. The summed E-state index contributed by atoms with van der Waals surface area (Å²) in [7, 11) is 0. The van der Waals surface area contributed by atoms with Crippen molar-refractivity contribution in [2.75, 3.05) is 11.9 Å². The van der Waals surface area contributed by atoms with Crippen LogP contribution in [0.1, 0.15) is 16.9 Å². The SMILES string of the molecule is Cc1cccc(C#N)c1NCCc1ccco1. The molecule has 0 saturated heterocycles. The van der Waals surface area contributed by atoms with Gasteiger partial charge >= 0.3 is 0 Å². The Balaban J connectivity index is 2.02. The number of furan rings is 1. The zero-order valence-electron chi connectivity index (χ0n) is 9.73. The van der Waals surface area contributed by atoms with Gasteiger partial charge in [0.2, 0.25) is 0 Å². The summed E-state index contributed by atoms with van der Waals surface area (Å²) in [5.74, 6) is 0.949. The highest BCUT2D eigenvalue weighted by molar-refractivity contribution is 5.62. The molecule has 1 N–H and O–H groups in total. The van der Waals surface area contributed by atoms with Crippen LogP contribution in [0.3, 0.4) is 0 Å². The van der Waals surface area contributed by atoms with Crippen LogP contribution in [0.25, 0.3) is 0 Å². The molecule has 0 bridgehead atoms. The van der Waals surface area contributed by atoms with Crippen LogP contribution in [0.5, 0.6) is 0 Å². The van der Waals surface area contributed by atoms with Crippen molar-refractivity contribution in [2.24, 2.45) is 0 Å². The summed E-state index contributed by atoms with van der Waals surface area (Å²) in [4.78, 5) is 0. The molecule has 0 spiro atoms. The molecule has 2 rings (SSSR count). The Bertz CT molecular complexity index is 524. The average molecular weight is 226 g/mol. The van der Waals surface area contributed by atoms with Gasteiger partial charge in [-0.15, -0.1) is 0 Å². The summed E-state index contributed by atoms with van der Waals surface area (Å²) in [5, 5.41) is 12.3. The van der Waals surface area contributed by atoms with Crippen molar-refractivity contribution >= 4 is 5.69 Å². The van der Waals surface area contributed by atoms with Gasteiger partial charge in [0.15, 0.2) is 0 Å². The van der Waals surface area contributed by atoms with E-state index < -0.39 is 0 Å². The highest BCUT2D eigenvalue weighted by atomic mass is 16.3. The van der Waals surface area contributed by atoms with Crippen LogP contribution in [0.4, 0.5) is 5.69 Å². The fourth-order valence-electron chi connectivity index (χ4n) is 1.76. The van der Waals surface area contributed by atoms with Gasteiger partial charge in [0, 0.05) is 13.0 Å². The van der Waals surface area contributed by atoms with Crippen molar-refractivity contribution in [3.63, 3.8) is 0 Å². The first-order chi connectivity index (χ1) is 8.31. The van der Waals surface area contributed by atoms with E-state index in [1.807, 2.05) is 37.3 Å². The minimum Gasteiger partial charge on any atom is -0.469 e. The second-order valence-electron chi connectivity index (χ2n) is 3.87. The van der Waals surface area contributed by atoms with Crippen molar-refractivity contribution in [1.29, 1.82) is 5.26 Å². The minimum absolute atomic E-state index is 0.685. The van der Waals surface area contributed by atoms with Crippen LogP contribution in [0.15, 0.2) is 41.0 Å². The van der Waals surface area contributed by atoms with Crippen molar-refractivity contribution in [3.8, 4) is 6.07 Å². The maximum absolute atomic E-state index is 9.02. The Hall–Kier alpha value is -2.21. The lowest BCUT2D eigenvalue weighted by molar-refractivity contribution is 0.513. The number of hydrogen-bond donors (Lipinski definition) is 1. The van der Waals surface area contributed by atoms with E-state index in [4.69, 9.17) is 9.68 Å². The Morgan fingerprint density at radius 3 is 2.88 bits per heavy atom. The standard InChI is InChI=1S/C14H14N2O/c1-11-4-2-5-12(10-15)14(11)16-8-7-13-6-3-9-17-13/h2-6,9,16H,7-8H2,1H3. The molecule has 86 valence electrons. The van der Waals surface area contributed by atoms with Crippen LogP contribution >= 0.6 is 0 Å². The van der Waals surface area contributed by atoms with Crippen molar-refractivity contribution in [1.82, 2.24) is 0 Å². The zero-order chi connectivity index (χ0) is 12.1. The molecule has 0 aliphatic heterocycles. The third kappa shape index (κ3) is 2.67. The van der Waals surface area contributed by atoms with E-state index in [9.17, 15) is 0 Å². The predicted octanol–water partition coefficient (Wildman–Crippen LogP) is 3.11. The number of nitriles is 1. The molecule has 1 heterocycles. The largest absolute Gasteiger partial charge is 0.469 e. The molecule has 0 aliphatic rings. The van der Waals surface area contributed by atoms with Gasteiger partial charge in [-0.3, -0.25) is 0 Å². The first-order valence-corrected chi connectivity index (χ1v) is 5.57. The summed E-state index contributed by atoms with van der Waals surface area (Å²) in [6, 6.07) is 11.7. The number of nitrogens with zero attached hydrogens (tertiary/aromatic N) is 1. The fourth-order valence-corrected chi connectivity index (χ4v) is 1.76. The van der Waals surface area contributed by atoms with Gasteiger partial charge in [-0.1, -0.05) is 12.1 Å². The van der Waals surface area contributed by atoms with Crippen molar-refractivity contribution in [2.45, 2.75) is 13.3 Å². The highest BCUT2D eigenvalue weighted by Crippen LogP contribution is 2.19. The van der Waals surface area contributed by atoms with E-state index in [1.54, 1.807) is 6.26 Å². The Labute approximate surface area is 101 Å². The van der Waals surface area contributed by atoms with Crippen LogP contribution < -0.4 is 5.32 Å².